The van der Waals surface area contributed by atoms with Gasteiger partial charge in [-0.3, -0.25) is 0 Å². The average molecular weight is 297 g/mol. The lowest BCUT2D eigenvalue weighted by Gasteiger charge is -2.05. The molecule has 1 heterocycles. The summed E-state index contributed by atoms with van der Waals surface area (Å²) in [6.07, 6.45) is 1.73. The summed E-state index contributed by atoms with van der Waals surface area (Å²) < 4.78 is 26.8. The molecule has 3 nitrogen and oxygen atoms in total. The van der Waals surface area contributed by atoms with Gasteiger partial charge < -0.3 is 5.32 Å². The highest BCUT2D eigenvalue weighted by molar-refractivity contribution is 7.14. The molecule has 0 radical (unpaired) electrons. The van der Waals surface area contributed by atoms with Crippen molar-refractivity contribution in [2.45, 2.75) is 32.7 Å². The second-order valence-electron chi connectivity index (χ2n) is 4.81. The highest BCUT2D eigenvalue weighted by Crippen LogP contribution is 2.27. The summed E-state index contributed by atoms with van der Waals surface area (Å²) in [6.45, 7) is 5.09. The molecule has 2 aromatic rings. The summed E-state index contributed by atoms with van der Waals surface area (Å²) >= 11 is 1.31. The highest BCUT2D eigenvalue weighted by Gasteiger charge is 2.14. The summed E-state index contributed by atoms with van der Waals surface area (Å²) in [6, 6.07) is 4.55. The number of aromatic nitrogens is 2. The molecule has 6 heteroatoms. The minimum Gasteiger partial charge on any atom is -0.315 e. The lowest BCUT2D eigenvalue weighted by Crippen LogP contribution is -2.23. The Bertz CT molecular complexity index is 569. The molecule has 0 saturated carbocycles. The standard InChI is InChI=1S/C14H17F2N3S/c1-9(2)17-8-4-7-12-18-19-14(20-12)10-5-3-6-11(15)13(10)16/h3,5-6,9,17H,4,7-8H2,1-2H3. The van der Waals surface area contributed by atoms with E-state index < -0.39 is 11.6 Å². The van der Waals surface area contributed by atoms with E-state index in [2.05, 4.69) is 29.4 Å². The summed E-state index contributed by atoms with van der Waals surface area (Å²) in [4.78, 5) is 0. The molecule has 1 aromatic carbocycles. The van der Waals surface area contributed by atoms with E-state index in [4.69, 9.17) is 0 Å². The van der Waals surface area contributed by atoms with Crippen LogP contribution >= 0.6 is 11.3 Å². The van der Waals surface area contributed by atoms with E-state index >= 15 is 0 Å². The molecule has 108 valence electrons. The minimum atomic E-state index is -0.864. The first kappa shape index (κ1) is 15.0. The zero-order valence-corrected chi connectivity index (χ0v) is 12.3. The molecular formula is C14H17F2N3S. The Labute approximate surface area is 121 Å². The maximum atomic E-state index is 13.6. The van der Waals surface area contributed by atoms with E-state index in [1.807, 2.05) is 0 Å². The van der Waals surface area contributed by atoms with E-state index in [1.54, 1.807) is 0 Å². The molecule has 0 aliphatic heterocycles. The third-order valence-corrected chi connectivity index (χ3v) is 3.79. The molecule has 0 spiro atoms. The lowest BCUT2D eigenvalue weighted by molar-refractivity contribution is 0.511. The fourth-order valence-electron chi connectivity index (χ4n) is 1.76. The van der Waals surface area contributed by atoms with Crippen molar-refractivity contribution in [3.63, 3.8) is 0 Å². The Morgan fingerprint density at radius 3 is 2.80 bits per heavy atom. The maximum Gasteiger partial charge on any atom is 0.169 e. The van der Waals surface area contributed by atoms with Crippen molar-refractivity contribution in [1.29, 1.82) is 0 Å². The van der Waals surface area contributed by atoms with Gasteiger partial charge in [0, 0.05) is 12.5 Å². The smallest absolute Gasteiger partial charge is 0.169 e. The number of nitrogens with one attached hydrogen (secondary N) is 1. The van der Waals surface area contributed by atoms with E-state index in [9.17, 15) is 8.78 Å². The first-order valence-corrected chi connectivity index (χ1v) is 7.39. The third kappa shape index (κ3) is 3.80. The minimum absolute atomic E-state index is 0.175. The van der Waals surface area contributed by atoms with Gasteiger partial charge in [-0.15, -0.1) is 10.2 Å². The lowest BCUT2D eigenvalue weighted by atomic mass is 10.2. The first-order chi connectivity index (χ1) is 9.58. The van der Waals surface area contributed by atoms with Crippen LogP contribution in [0.15, 0.2) is 18.2 Å². The van der Waals surface area contributed by atoms with Crippen molar-refractivity contribution in [3.05, 3.63) is 34.8 Å². The molecular weight excluding hydrogens is 280 g/mol. The van der Waals surface area contributed by atoms with Gasteiger partial charge in [-0.25, -0.2) is 8.78 Å². The van der Waals surface area contributed by atoms with Crippen molar-refractivity contribution in [2.24, 2.45) is 0 Å². The van der Waals surface area contributed by atoms with Crippen LogP contribution in [-0.4, -0.2) is 22.8 Å². The number of halogens is 2. The number of benzene rings is 1. The predicted octanol–water partition coefficient (Wildman–Crippen LogP) is 3.41. The molecule has 0 aliphatic carbocycles. The Hall–Kier alpha value is -1.40. The number of rotatable bonds is 6. The molecule has 20 heavy (non-hydrogen) atoms. The van der Waals surface area contributed by atoms with Crippen LogP contribution in [0.2, 0.25) is 0 Å². The van der Waals surface area contributed by atoms with E-state index in [0.717, 1.165) is 30.5 Å². The van der Waals surface area contributed by atoms with Crippen LogP contribution in [0.3, 0.4) is 0 Å². The van der Waals surface area contributed by atoms with Crippen molar-refractivity contribution in [2.75, 3.05) is 6.54 Å². The van der Waals surface area contributed by atoms with E-state index in [1.165, 1.54) is 23.5 Å². The van der Waals surface area contributed by atoms with Crippen LogP contribution < -0.4 is 5.32 Å². The maximum absolute atomic E-state index is 13.6. The van der Waals surface area contributed by atoms with Gasteiger partial charge in [0.1, 0.15) is 5.01 Å². The SMILES string of the molecule is CC(C)NCCCc1nnc(-c2cccc(F)c2F)s1. The van der Waals surface area contributed by atoms with Gasteiger partial charge in [0.15, 0.2) is 16.6 Å². The van der Waals surface area contributed by atoms with Gasteiger partial charge >= 0.3 is 0 Å². The largest absolute Gasteiger partial charge is 0.315 e. The second-order valence-corrected chi connectivity index (χ2v) is 5.88. The number of hydrogen-bond donors (Lipinski definition) is 1. The monoisotopic (exact) mass is 297 g/mol. The van der Waals surface area contributed by atoms with Crippen LogP contribution in [0.4, 0.5) is 8.78 Å². The fraction of sp³-hybridized carbons (Fsp3) is 0.429. The van der Waals surface area contributed by atoms with Crippen molar-refractivity contribution in [3.8, 4) is 10.6 Å². The van der Waals surface area contributed by atoms with Gasteiger partial charge in [0.05, 0.1) is 5.56 Å². The molecule has 1 N–H and O–H groups in total. The van der Waals surface area contributed by atoms with Crippen LogP contribution in [0, 0.1) is 11.6 Å². The van der Waals surface area contributed by atoms with E-state index in [0.29, 0.717) is 11.0 Å². The molecule has 0 fully saturated rings. The van der Waals surface area contributed by atoms with Crippen LogP contribution in [0.5, 0.6) is 0 Å². The van der Waals surface area contributed by atoms with Gasteiger partial charge in [0.25, 0.3) is 0 Å². The summed E-state index contributed by atoms with van der Waals surface area (Å²) in [5.74, 6) is -1.72. The molecule has 2 rings (SSSR count). The molecule has 0 amide bonds. The van der Waals surface area contributed by atoms with Crippen LogP contribution in [0.1, 0.15) is 25.3 Å². The van der Waals surface area contributed by atoms with Gasteiger partial charge in [-0.1, -0.05) is 31.3 Å². The summed E-state index contributed by atoms with van der Waals surface area (Å²) in [5.41, 5.74) is 0.175. The molecule has 0 saturated heterocycles. The molecule has 0 unspecified atom stereocenters. The van der Waals surface area contributed by atoms with Crippen molar-refractivity contribution in [1.82, 2.24) is 15.5 Å². The van der Waals surface area contributed by atoms with Gasteiger partial charge in [-0.05, 0) is 25.1 Å². The Balaban J connectivity index is 2.00. The second kappa shape index (κ2) is 6.85. The molecule has 1 aromatic heterocycles. The molecule has 0 atom stereocenters. The number of nitrogens with zero attached hydrogens (tertiary/aromatic N) is 2. The van der Waals surface area contributed by atoms with Gasteiger partial charge in [0.2, 0.25) is 0 Å². The predicted molar refractivity (Wildman–Crippen MR) is 76.7 cm³/mol. The third-order valence-electron chi connectivity index (χ3n) is 2.77. The van der Waals surface area contributed by atoms with Crippen molar-refractivity contribution >= 4 is 11.3 Å². The van der Waals surface area contributed by atoms with Crippen LogP contribution in [-0.2, 0) is 6.42 Å². The fourth-order valence-corrected chi connectivity index (χ4v) is 2.66. The van der Waals surface area contributed by atoms with Gasteiger partial charge in [-0.2, -0.15) is 0 Å². The van der Waals surface area contributed by atoms with E-state index in [-0.39, 0.29) is 5.56 Å². The highest BCUT2D eigenvalue weighted by atomic mass is 32.1. The molecule has 0 aliphatic rings. The first-order valence-electron chi connectivity index (χ1n) is 6.58. The Kier molecular flexibility index (Phi) is 5.14. The molecule has 0 bridgehead atoms. The topological polar surface area (TPSA) is 37.8 Å². The van der Waals surface area contributed by atoms with Crippen molar-refractivity contribution < 1.29 is 8.78 Å². The van der Waals surface area contributed by atoms with Crippen LogP contribution in [0.25, 0.3) is 10.6 Å². The number of aryl methyl sites for hydroxylation is 1. The number of hydrogen-bond acceptors (Lipinski definition) is 4. The quantitative estimate of drug-likeness (QED) is 0.830. The zero-order valence-electron chi connectivity index (χ0n) is 11.5. The zero-order chi connectivity index (χ0) is 14.5. The summed E-state index contributed by atoms with van der Waals surface area (Å²) in [5, 5.41) is 12.6. The Morgan fingerprint density at radius 2 is 2.05 bits per heavy atom. The average Bonchev–Trinajstić information content (AvgIpc) is 2.86. The summed E-state index contributed by atoms with van der Waals surface area (Å²) in [7, 11) is 0. The Morgan fingerprint density at radius 1 is 1.25 bits per heavy atom. The normalized spacial score (nSPS) is 11.2.